The molecule has 0 amide bonds. The van der Waals surface area contributed by atoms with Gasteiger partial charge in [0, 0.05) is 31.7 Å². The van der Waals surface area contributed by atoms with Crippen molar-refractivity contribution < 1.29 is 8.42 Å². The third kappa shape index (κ3) is 3.05. The summed E-state index contributed by atoms with van der Waals surface area (Å²) in [6.07, 6.45) is 2.95. The predicted octanol–water partition coefficient (Wildman–Crippen LogP) is 2.13. The molecule has 3 aromatic heterocycles. The fraction of sp³-hybridized carbons (Fsp3) is 0.105. The Morgan fingerprint density at radius 2 is 1.75 bits per heavy atom. The van der Waals surface area contributed by atoms with E-state index in [1.165, 1.54) is 22.9 Å². The van der Waals surface area contributed by atoms with Gasteiger partial charge < -0.3 is 4.57 Å². The van der Waals surface area contributed by atoms with Crippen LogP contribution in [0.2, 0.25) is 0 Å². The van der Waals surface area contributed by atoms with Gasteiger partial charge in [0.2, 0.25) is 0 Å². The summed E-state index contributed by atoms with van der Waals surface area (Å²) in [5, 5.41) is 5.00. The summed E-state index contributed by atoms with van der Waals surface area (Å²) < 4.78 is 31.3. The molecule has 0 saturated heterocycles. The highest BCUT2D eigenvalue weighted by molar-refractivity contribution is 7.92. The number of aryl methyl sites for hydroxylation is 1. The molecule has 0 fully saturated rings. The highest BCUT2D eigenvalue weighted by Crippen LogP contribution is 2.25. The van der Waals surface area contributed by atoms with Crippen molar-refractivity contribution in [3.63, 3.8) is 0 Å². The van der Waals surface area contributed by atoms with Crippen LogP contribution < -0.4 is 10.3 Å². The Balaban J connectivity index is 1.69. The van der Waals surface area contributed by atoms with Crippen LogP contribution in [-0.4, -0.2) is 27.7 Å². The van der Waals surface area contributed by atoms with Crippen LogP contribution in [0.25, 0.3) is 22.3 Å². The standard InChI is InChI=1S/C19H17N5O3S/c1-23-17(7-4-8-18(23)25)15-10-9-14(12-20-15)28(26,27)22-16-6-3-5-13-11-21-24(2)19(13)16/h3-12,22H,1-2H3. The van der Waals surface area contributed by atoms with Gasteiger partial charge in [-0.05, 0) is 24.3 Å². The maximum Gasteiger partial charge on any atom is 0.263 e. The molecule has 142 valence electrons. The molecule has 4 rings (SSSR count). The molecule has 0 aliphatic carbocycles. The van der Waals surface area contributed by atoms with E-state index in [2.05, 4.69) is 14.8 Å². The molecule has 0 aliphatic heterocycles. The second-order valence-corrected chi connectivity index (χ2v) is 7.99. The summed E-state index contributed by atoms with van der Waals surface area (Å²) in [5.41, 5.74) is 2.07. The van der Waals surface area contributed by atoms with Gasteiger partial charge in [-0.15, -0.1) is 0 Å². The molecule has 28 heavy (non-hydrogen) atoms. The van der Waals surface area contributed by atoms with Crippen molar-refractivity contribution in [2.24, 2.45) is 14.1 Å². The lowest BCUT2D eigenvalue weighted by Crippen LogP contribution is -2.17. The van der Waals surface area contributed by atoms with Gasteiger partial charge in [0.25, 0.3) is 15.6 Å². The number of anilines is 1. The fourth-order valence-electron chi connectivity index (χ4n) is 3.03. The molecule has 0 atom stereocenters. The van der Waals surface area contributed by atoms with Crippen LogP contribution in [0.1, 0.15) is 0 Å². The van der Waals surface area contributed by atoms with Crippen molar-refractivity contribution in [3.8, 4) is 11.4 Å². The molecule has 0 saturated carbocycles. The Labute approximate surface area is 161 Å². The smallest absolute Gasteiger partial charge is 0.263 e. The fourth-order valence-corrected chi connectivity index (χ4v) is 4.04. The first kappa shape index (κ1) is 17.9. The number of fused-ring (bicyclic) bond motifs is 1. The molecule has 0 unspecified atom stereocenters. The molecular weight excluding hydrogens is 378 g/mol. The molecule has 9 heteroatoms. The van der Waals surface area contributed by atoms with Crippen molar-refractivity contribution in [2.45, 2.75) is 4.90 Å². The zero-order valence-electron chi connectivity index (χ0n) is 15.2. The van der Waals surface area contributed by atoms with Crippen LogP contribution in [0.4, 0.5) is 5.69 Å². The van der Waals surface area contributed by atoms with Gasteiger partial charge in [-0.1, -0.05) is 18.2 Å². The Kier molecular flexibility index (Phi) is 4.23. The molecule has 0 bridgehead atoms. The van der Waals surface area contributed by atoms with Crippen LogP contribution in [0.15, 0.2) is 70.6 Å². The van der Waals surface area contributed by atoms with E-state index >= 15 is 0 Å². The largest absolute Gasteiger partial charge is 0.310 e. The van der Waals surface area contributed by atoms with Crippen molar-refractivity contribution in [1.29, 1.82) is 0 Å². The van der Waals surface area contributed by atoms with Crippen molar-refractivity contribution >= 4 is 26.6 Å². The number of pyridine rings is 2. The van der Waals surface area contributed by atoms with Gasteiger partial charge in [-0.2, -0.15) is 5.10 Å². The summed E-state index contributed by atoms with van der Waals surface area (Å²) in [6, 6.07) is 13.2. The van der Waals surface area contributed by atoms with Gasteiger partial charge in [-0.3, -0.25) is 19.2 Å². The molecule has 1 N–H and O–H groups in total. The van der Waals surface area contributed by atoms with Gasteiger partial charge in [0.1, 0.15) is 4.90 Å². The van der Waals surface area contributed by atoms with Crippen LogP contribution in [0.5, 0.6) is 0 Å². The Morgan fingerprint density at radius 3 is 2.50 bits per heavy atom. The van der Waals surface area contributed by atoms with Crippen LogP contribution in [0, 0.1) is 0 Å². The van der Waals surface area contributed by atoms with E-state index in [1.807, 2.05) is 6.07 Å². The number of rotatable bonds is 4. The zero-order chi connectivity index (χ0) is 19.9. The van der Waals surface area contributed by atoms with Crippen molar-refractivity contribution in [2.75, 3.05) is 4.72 Å². The highest BCUT2D eigenvalue weighted by atomic mass is 32.2. The lowest BCUT2D eigenvalue weighted by atomic mass is 10.2. The lowest BCUT2D eigenvalue weighted by molar-refractivity contribution is 0.601. The Morgan fingerprint density at radius 1 is 0.964 bits per heavy atom. The first-order valence-electron chi connectivity index (χ1n) is 8.43. The Hall–Kier alpha value is -3.46. The minimum absolute atomic E-state index is 0.0244. The van der Waals surface area contributed by atoms with E-state index in [0.717, 1.165) is 5.39 Å². The van der Waals surface area contributed by atoms with E-state index in [4.69, 9.17) is 0 Å². The number of para-hydroxylation sites is 1. The molecule has 3 heterocycles. The highest BCUT2D eigenvalue weighted by Gasteiger charge is 2.18. The number of aromatic nitrogens is 4. The Bertz CT molecular complexity index is 1340. The molecule has 4 aromatic rings. The van der Waals surface area contributed by atoms with Gasteiger partial charge in [-0.25, -0.2) is 8.42 Å². The second kappa shape index (κ2) is 6.61. The normalized spacial score (nSPS) is 11.6. The van der Waals surface area contributed by atoms with E-state index in [1.54, 1.807) is 55.3 Å². The van der Waals surface area contributed by atoms with E-state index < -0.39 is 10.0 Å². The number of sulfonamides is 1. The van der Waals surface area contributed by atoms with Gasteiger partial charge in [0.15, 0.2) is 0 Å². The third-order valence-corrected chi connectivity index (χ3v) is 5.85. The quantitative estimate of drug-likeness (QED) is 0.571. The number of nitrogens with zero attached hydrogens (tertiary/aromatic N) is 4. The summed E-state index contributed by atoms with van der Waals surface area (Å²) >= 11 is 0. The number of hydrogen-bond donors (Lipinski definition) is 1. The third-order valence-electron chi connectivity index (χ3n) is 4.50. The van der Waals surface area contributed by atoms with Crippen LogP contribution in [-0.2, 0) is 24.1 Å². The minimum Gasteiger partial charge on any atom is -0.310 e. The maximum absolute atomic E-state index is 12.8. The number of hydrogen-bond acceptors (Lipinski definition) is 5. The first-order valence-corrected chi connectivity index (χ1v) is 9.91. The average molecular weight is 395 g/mol. The second-order valence-electron chi connectivity index (χ2n) is 6.30. The summed E-state index contributed by atoms with van der Waals surface area (Å²) in [7, 11) is -0.449. The molecule has 1 aromatic carbocycles. The molecule has 8 nitrogen and oxygen atoms in total. The predicted molar refractivity (Wildman–Crippen MR) is 106 cm³/mol. The first-order chi connectivity index (χ1) is 13.4. The SMILES string of the molecule is Cn1c(-c2ccc(S(=O)(=O)Nc3cccc4cnn(C)c34)cn2)cccc1=O. The lowest BCUT2D eigenvalue weighted by Gasteiger charge is -2.11. The molecule has 0 radical (unpaired) electrons. The average Bonchev–Trinajstić information content (AvgIpc) is 3.06. The molecule has 0 aliphatic rings. The van der Waals surface area contributed by atoms with Crippen molar-refractivity contribution in [1.82, 2.24) is 19.3 Å². The summed E-state index contributed by atoms with van der Waals surface area (Å²) in [4.78, 5) is 16.0. The van der Waals surface area contributed by atoms with Crippen LogP contribution >= 0.6 is 0 Å². The minimum atomic E-state index is -3.84. The topological polar surface area (TPSA) is 98.9 Å². The van der Waals surface area contributed by atoms with E-state index in [9.17, 15) is 13.2 Å². The van der Waals surface area contributed by atoms with Gasteiger partial charge >= 0.3 is 0 Å². The summed E-state index contributed by atoms with van der Waals surface area (Å²) in [5.74, 6) is 0. The van der Waals surface area contributed by atoms with E-state index in [-0.39, 0.29) is 10.5 Å². The number of benzene rings is 1. The number of nitrogens with one attached hydrogen (secondary N) is 1. The van der Waals surface area contributed by atoms with Gasteiger partial charge in [0.05, 0.1) is 28.8 Å². The monoisotopic (exact) mass is 395 g/mol. The van der Waals surface area contributed by atoms with Crippen LogP contribution in [0.3, 0.4) is 0 Å². The zero-order valence-corrected chi connectivity index (χ0v) is 16.0. The van der Waals surface area contributed by atoms with E-state index in [0.29, 0.717) is 22.6 Å². The summed E-state index contributed by atoms with van der Waals surface area (Å²) in [6.45, 7) is 0. The maximum atomic E-state index is 12.8. The molecular formula is C19H17N5O3S. The van der Waals surface area contributed by atoms with Crippen molar-refractivity contribution in [3.05, 3.63) is 71.3 Å². The molecule has 0 spiro atoms.